The van der Waals surface area contributed by atoms with Crippen LogP contribution in [0.4, 0.5) is 0 Å². The molecule has 0 fully saturated rings. The Morgan fingerprint density at radius 3 is 2.81 bits per heavy atom. The van der Waals surface area contributed by atoms with Crippen LogP contribution in [0, 0.1) is 13.8 Å². The Morgan fingerprint density at radius 2 is 2.09 bits per heavy atom. The van der Waals surface area contributed by atoms with Gasteiger partial charge in [-0.05, 0) is 43.3 Å². The maximum absolute atomic E-state index is 13.6. The number of amides is 1. The van der Waals surface area contributed by atoms with Gasteiger partial charge in [0.2, 0.25) is 0 Å². The first kappa shape index (κ1) is 21.4. The molecule has 7 nitrogen and oxygen atoms in total. The topological polar surface area (TPSA) is 83.9 Å². The fraction of sp³-hybridized carbons (Fsp3) is 0.273. The molecule has 164 valence electrons. The molecule has 32 heavy (non-hydrogen) atoms. The van der Waals surface area contributed by atoms with Crippen molar-refractivity contribution in [1.29, 1.82) is 0 Å². The maximum Gasteiger partial charge on any atom is 0.256 e. The Morgan fingerprint density at radius 1 is 1.31 bits per heavy atom. The molecule has 0 bridgehead atoms. The minimum absolute atomic E-state index is 0.162. The molecule has 4 heterocycles. The zero-order valence-electron chi connectivity index (χ0n) is 17.6. The molecule has 0 saturated carbocycles. The molecule has 1 amide bonds. The van der Waals surface area contributed by atoms with E-state index in [0.717, 1.165) is 37.2 Å². The summed E-state index contributed by atoms with van der Waals surface area (Å²) in [6, 6.07) is 3.87. The van der Waals surface area contributed by atoms with E-state index in [9.17, 15) is 9.59 Å². The molecular weight excluding hydrogens is 514 g/mol. The first-order valence-corrected chi connectivity index (χ1v) is 12.1. The lowest BCUT2D eigenvalue weighted by Gasteiger charge is -2.30. The van der Waals surface area contributed by atoms with Crippen molar-refractivity contribution in [2.75, 3.05) is 6.54 Å². The third-order valence-corrected chi connectivity index (χ3v) is 8.09. The second kappa shape index (κ2) is 7.83. The average molecular weight is 533 g/mol. The lowest BCUT2D eigenvalue weighted by atomic mass is 9.94. The summed E-state index contributed by atoms with van der Waals surface area (Å²) >= 11 is 12.0. The molecule has 0 radical (unpaired) electrons. The van der Waals surface area contributed by atoms with Gasteiger partial charge < -0.3 is 9.88 Å². The van der Waals surface area contributed by atoms with Gasteiger partial charge in [0.05, 0.1) is 33.2 Å². The SMILES string of the molecule is Cc1nnn(C)c1-c1cc(Br)c2c(c1Cl)C(=O)N(Cc1c(=O)[nH]c(C)c3sccc13)CC2. The van der Waals surface area contributed by atoms with E-state index in [2.05, 4.69) is 31.2 Å². The van der Waals surface area contributed by atoms with Crippen LogP contribution in [0.25, 0.3) is 21.3 Å². The van der Waals surface area contributed by atoms with Crippen LogP contribution >= 0.6 is 38.9 Å². The number of hydrogen-bond acceptors (Lipinski definition) is 5. The largest absolute Gasteiger partial charge is 0.334 e. The quantitative estimate of drug-likeness (QED) is 0.417. The van der Waals surface area contributed by atoms with Gasteiger partial charge in [-0.25, -0.2) is 4.68 Å². The van der Waals surface area contributed by atoms with Gasteiger partial charge in [-0.2, -0.15) is 0 Å². The van der Waals surface area contributed by atoms with E-state index in [0.29, 0.717) is 34.7 Å². The summed E-state index contributed by atoms with van der Waals surface area (Å²) in [4.78, 5) is 31.0. The van der Waals surface area contributed by atoms with E-state index in [4.69, 9.17) is 11.6 Å². The van der Waals surface area contributed by atoms with E-state index in [1.165, 1.54) is 0 Å². The van der Waals surface area contributed by atoms with Crippen molar-refractivity contribution >= 4 is 54.9 Å². The van der Waals surface area contributed by atoms with Gasteiger partial charge in [0.15, 0.2) is 0 Å². The van der Waals surface area contributed by atoms with Gasteiger partial charge >= 0.3 is 0 Å². The number of carbonyl (C=O) groups is 1. The number of nitrogens with zero attached hydrogens (tertiary/aromatic N) is 4. The van der Waals surface area contributed by atoms with E-state index in [1.807, 2.05) is 31.4 Å². The number of aromatic nitrogens is 4. The summed E-state index contributed by atoms with van der Waals surface area (Å²) in [7, 11) is 1.79. The van der Waals surface area contributed by atoms with Crippen LogP contribution in [-0.4, -0.2) is 37.3 Å². The van der Waals surface area contributed by atoms with E-state index in [1.54, 1.807) is 28.0 Å². The van der Waals surface area contributed by atoms with Gasteiger partial charge in [-0.3, -0.25) is 9.59 Å². The zero-order chi connectivity index (χ0) is 22.7. The number of fused-ring (bicyclic) bond motifs is 2. The predicted octanol–water partition coefficient (Wildman–Crippen LogP) is 4.62. The minimum atomic E-state index is -0.185. The molecule has 10 heteroatoms. The number of rotatable bonds is 3. The Bertz CT molecular complexity index is 1450. The summed E-state index contributed by atoms with van der Waals surface area (Å²) in [5.41, 5.74) is 4.82. The summed E-state index contributed by atoms with van der Waals surface area (Å²) in [6.07, 6.45) is 0.640. The maximum atomic E-state index is 13.6. The average Bonchev–Trinajstić information content (AvgIpc) is 3.36. The lowest BCUT2D eigenvalue weighted by molar-refractivity contribution is 0.0727. The van der Waals surface area contributed by atoms with E-state index in [-0.39, 0.29) is 18.0 Å². The second-order valence-corrected chi connectivity index (χ2v) is 10.1. The molecule has 1 aliphatic rings. The smallest absolute Gasteiger partial charge is 0.256 e. The number of halogens is 2. The first-order chi connectivity index (χ1) is 15.3. The third kappa shape index (κ3) is 3.22. The fourth-order valence-electron chi connectivity index (χ4n) is 4.40. The van der Waals surface area contributed by atoms with Gasteiger partial charge in [-0.15, -0.1) is 16.4 Å². The van der Waals surface area contributed by atoms with Crippen LogP contribution in [-0.2, 0) is 20.0 Å². The molecule has 1 aromatic carbocycles. The first-order valence-electron chi connectivity index (χ1n) is 10.0. The predicted molar refractivity (Wildman–Crippen MR) is 130 cm³/mol. The molecule has 0 saturated heterocycles. The number of benzene rings is 1. The number of aryl methyl sites for hydroxylation is 3. The second-order valence-electron chi connectivity index (χ2n) is 7.92. The summed E-state index contributed by atoms with van der Waals surface area (Å²) in [5, 5.41) is 11.4. The molecule has 3 aromatic heterocycles. The minimum Gasteiger partial charge on any atom is -0.334 e. The Labute approximate surface area is 201 Å². The fourth-order valence-corrected chi connectivity index (χ4v) is 6.25. The molecule has 4 aromatic rings. The molecule has 0 atom stereocenters. The van der Waals surface area contributed by atoms with Gasteiger partial charge in [-0.1, -0.05) is 32.7 Å². The number of aromatic amines is 1. The molecule has 0 spiro atoms. The number of H-pyrrole nitrogens is 1. The van der Waals surface area contributed by atoms with E-state index >= 15 is 0 Å². The number of carbonyl (C=O) groups excluding carboxylic acids is 1. The molecular formula is C22H19BrClN5O2S. The Balaban J connectivity index is 1.60. The standard InChI is InChI=1S/C22H19BrClN5O2S/c1-10-19(28(3)27-26-10)14-8-16(23)13-4-6-29(22(31)17(13)18(14)24)9-15-12-5-7-32-20(12)11(2)25-21(15)30/h5,7-8H,4,6,9H2,1-3H3,(H,25,30). The van der Waals surface area contributed by atoms with Crippen LogP contribution in [0.3, 0.4) is 0 Å². The number of pyridine rings is 1. The van der Waals surface area contributed by atoms with Crippen molar-refractivity contribution in [2.24, 2.45) is 7.05 Å². The number of nitrogens with one attached hydrogen (secondary N) is 1. The highest BCUT2D eigenvalue weighted by Crippen LogP contribution is 2.40. The molecule has 0 aliphatic carbocycles. The number of hydrogen-bond donors (Lipinski definition) is 1. The Kier molecular flexibility index (Phi) is 5.22. The van der Waals surface area contributed by atoms with Crippen molar-refractivity contribution in [3.8, 4) is 11.3 Å². The summed E-state index contributed by atoms with van der Waals surface area (Å²) in [6.45, 7) is 4.48. The highest BCUT2D eigenvalue weighted by molar-refractivity contribution is 9.10. The van der Waals surface area contributed by atoms with Crippen LogP contribution in [0.2, 0.25) is 5.02 Å². The molecule has 1 aliphatic heterocycles. The Hall–Kier alpha value is -2.49. The van der Waals surface area contributed by atoms with Crippen LogP contribution in [0.15, 0.2) is 26.8 Å². The van der Waals surface area contributed by atoms with Crippen molar-refractivity contribution < 1.29 is 4.79 Å². The highest BCUT2D eigenvalue weighted by Gasteiger charge is 2.32. The molecule has 0 unspecified atom stereocenters. The molecule has 1 N–H and O–H groups in total. The van der Waals surface area contributed by atoms with E-state index < -0.39 is 0 Å². The normalized spacial score (nSPS) is 13.8. The van der Waals surface area contributed by atoms with Gasteiger partial charge in [0, 0.05) is 40.3 Å². The van der Waals surface area contributed by atoms with Gasteiger partial charge in [0.25, 0.3) is 11.5 Å². The monoisotopic (exact) mass is 531 g/mol. The summed E-state index contributed by atoms with van der Waals surface area (Å²) in [5.74, 6) is -0.185. The van der Waals surface area contributed by atoms with Crippen LogP contribution in [0.5, 0.6) is 0 Å². The van der Waals surface area contributed by atoms with Crippen molar-refractivity contribution in [3.05, 3.63) is 65.4 Å². The van der Waals surface area contributed by atoms with Crippen molar-refractivity contribution in [1.82, 2.24) is 24.9 Å². The van der Waals surface area contributed by atoms with Gasteiger partial charge in [0.1, 0.15) is 0 Å². The highest BCUT2D eigenvalue weighted by atomic mass is 79.9. The van der Waals surface area contributed by atoms with Crippen LogP contribution in [0.1, 0.15) is 32.9 Å². The van der Waals surface area contributed by atoms with Crippen molar-refractivity contribution in [2.45, 2.75) is 26.8 Å². The number of thiophene rings is 1. The van der Waals surface area contributed by atoms with Crippen molar-refractivity contribution in [3.63, 3.8) is 0 Å². The summed E-state index contributed by atoms with van der Waals surface area (Å²) < 4.78 is 3.51. The zero-order valence-corrected chi connectivity index (χ0v) is 20.8. The van der Waals surface area contributed by atoms with Crippen LogP contribution < -0.4 is 5.56 Å². The third-order valence-electron chi connectivity index (χ3n) is 5.96. The molecule has 5 rings (SSSR count). The lowest BCUT2D eigenvalue weighted by Crippen LogP contribution is -2.39.